The molecule has 0 N–H and O–H groups in total. The van der Waals surface area contributed by atoms with Gasteiger partial charge in [-0.2, -0.15) is 6.07 Å². The summed E-state index contributed by atoms with van der Waals surface area (Å²) in [6.07, 6.45) is 0. The first-order valence-electron chi connectivity index (χ1n) is 8.19. The van der Waals surface area contributed by atoms with E-state index in [1.807, 2.05) is 72.8 Å². The number of nitrogens with zero attached hydrogens (tertiary/aromatic N) is 2. The van der Waals surface area contributed by atoms with Gasteiger partial charge in [0.1, 0.15) is 0 Å². The SMILES string of the molecule is [Pt+2].[c-]1c2cccc1Oc1cccc(n1)-c1[c-]c(ccc1)-c1cccc(n1)O2. The zero-order valence-electron chi connectivity index (χ0n) is 14.0. The Balaban J connectivity index is 0.00000180. The van der Waals surface area contributed by atoms with E-state index in [0.29, 0.717) is 23.3 Å². The van der Waals surface area contributed by atoms with Gasteiger partial charge in [-0.1, -0.05) is 41.5 Å². The second-order valence-electron chi connectivity index (χ2n) is 5.78. The maximum absolute atomic E-state index is 5.85. The van der Waals surface area contributed by atoms with E-state index in [1.165, 1.54) is 0 Å². The summed E-state index contributed by atoms with van der Waals surface area (Å²) in [5.41, 5.74) is 3.31. The number of hydrogen-bond donors (Lipinski definition) is 0. The van der Waals surface area contributed by atoms with Crippen molar-refractivity contribution in [1.29, 1.82) is 0 Å². The first kappa shape index (κ1) is 17.4. The molecule has 5 rings (SSSR count). The first-order chi connectivity index (χ1) is 12.8. The van der Waals surface area contributed by atoms with E-state index in [1.54, 1.807) is 0 Å². The van der Waals surface area contributed by atoms with E-state index in [0.717, 1.165) is 22.5 Å². The van der Waals surface area contributed by atoms with Gasteiger partial charge in [0.15, 0.2) is 0 Å². The second-order valence-corrected chi connectivity index (χ2v) is 5.78. The van der Waals surface area contributed by atoms with Gasteiger partial charge in [-0.05, 0) is 12.1 Å². The van der Waals surface area contributed by atoms with Gasteiger partial charge >= 0.3 is 21.1 Å². The molecule has 5 heteroatoms. The summed E-state index contributed by atoms with van der Waals surface area (Å²) in [6, 6.07) is 29.1. The average molecular weight is 531 g/mol. The molecule has 132 valence electrons. The Morgan fingerprint density at radius 3 is 1.59 bits per heavy atom. The van der Waals surface area contributed by atoms with Crippen LogP contribution in [0.1, 0.15) is 0 Å². The van der Waals surface area contributed by atoms with Crippen LogP contribution >= 0.6 is 0 Å². The quantitative estimate of drug-likeness (QED) is 0.254. The predicted octanol–water partition coefficient (Wildman–Crippen LogP) is 5.31. The summed E-state index contributed by atoms with van der Waals surface area (Å²) in [4.78, 5) is 9.17. The summed E-state index contributed by atoms with van der Waals surface area (Å²) >= 11 is 0. The maximum Gasteiger partial charge on any atom is 2.00 e. The normalized spacial score (nSPS) is 11.3. The Morgan fingerprint density at radius 1 is 0.556 bits per heavy atom. The topological polar surface area (TPSA) is 44.2 Å². The largest absolute Gasteiger partial charge is 2.00 e. The molecular weight excluding hydrogens is 519 g/mol. The zero-order valence-corrected chi connectivity index (χ0v) is 16.2. The average Bonchev–Trinajstić information content (AvgIpc) is 2.68. The first-order valence-corrected chi connectivity index (χ1v) is 8.19. The summed E-state index contributed by atoms with van der Waals surface area (Å²) in [5, 5.41) is 0. The van der Waals surface area contributed by atoms with E-state index in [2.05, 4.69) is 22.1 Å². The molecule has 4 aromatic rings. The summed E-state index contributed by atoms with van der Waals surface area (Å²) < 4.78 is 11.7. The molecule has 0 saturated heterocycles. The van der Waals surface area contributed by atoms with Crippen LogP contribution in [0.2, 0.25) is 0 Å². The second kappa shape index (κ2) is 7.34. The van der Waals surface area contributed by atoms with Gasteiger partial charge in [-0.15, -0.1) is 36.4 Å². The fourth-order valence-electron chi connectivity index (χ4n) is 2.78. The van der Waals surface area contributed by atoms with Crippen LogP contribution in [-0.4, -0.2) is 9.97 Å². The number of ether oxygens (including phenoxy) is 2. The predicted molar refractivity (Wildman–Crippen MR) is 97.2 cm³/mol. The number of fused-ring (bicyclic) bond motifs is 10. The van der Waals surface area contributed by atoms with E-state index in [-0.39, 0.29) is 21.1 Å². The third-order valence-corrected chi connectivity index (χ3v) is 3.96. The number of aromatic nitrogens is 2. The van der Waals surface area contributed by atoms with E-state index in [4.69, 9.17) is 9.47 Å². The Labute approximate surface area is 171 Å². The monoisotopic (exact) mass is 531 g/mol. The van der Waals surface area contributed by atoms with E-state index < -0.39 is 0 Å². The van der Waals surface area contributed by atoms with Crippen molar-refractivity contribution < 1.29 is 30.5 Å². The number of hydrogen-bond acceptors (Lipinski definition) is 4. The van der Waals surface area contributed by atoms with Gasteiger partial charge in [0.25, 0.3) is 0 Å². The van der Waals surface area contributed by atoms with Gasteiger partial charge in [-0.25, -0.2) is 0 Å². The minimum atomic E-state index is 0. The Hall–Kier alpha value is -2.97. The molecule has 8 bridgehead atoms. The number of benzene rings is 2. The van der Waals surface area contributed by atoms with Crippen molar-refractivity contribution >= 4 is 0 Å². The van der Waals surface area contributed by atoms with Crippen molar-refractivity contribution in [1.82, 2.24) is 9.97 Å². The zero-order chi connectivity index (χ0) is 17.3. The van der Waals surface area contributed by atoms with E-state index >= 15 is 0 Å². The molecule has 2 aromatic heterocycles. The molecule has 0 aliphatic carbocycles. The molecule has 1 aliphatic heterocycles. The van der Waals surface area contributed by atoms with Crippen LogP contribution in [0, 0.1) is 12.1 Å². The van der Waals surface area contributed by atoms with Crippen LogP contribution in [-0.2, 0) is 21.1 Å². The van der Waals surface area contributed by atoms with Gasteiger partial charge in [-0.3, -0.25) is 9.97 Å². The molecular formula is C22H12N2O2Pt. The standard InChI is InChI=1S/C22H12N2O2.Pt/c1-5-15-13-16(6-1)20-10-4-12-22(24-20)26-18-8-2-7-17(14-18)25-21-11-3-9-19(15)23-21;/h1-12H;/q-2;+2. The molecule has 0 fully saturated rings. The minimum absolute atomic E-state index is 0. The van der Waals surface area contributed by atoms with Gasteiger partial charge in [0.2, 0.25) is 11.8 Å². The van der Waals surface area contributed by atoms with Gasteiger partial charge in [0, 0.05) is 22.9 Å². The van der Waals surface area contributed by atoms with Crippen molar-refractivity contribution in [2.24, 2.45) is 0 Å². The van der Waals surface area contributed by atoms with Crippen molar-refractivity contribution in [2.75, 3.05) is 0 Å². The van der Waals surface area contributed by atoms with E-state index in [9.17, 15) is 0 Å². The van der Waals surface area contributed by atoms with Crippen LogP contribution in [0.5, 0.6) is 23.3 Å². The van der Waals surface area contributed by atoms with Crippen LogP contribution in [0.25, 0.3) is 22.5 Å². The summed E-state index contributed by atoms with van der Waals surface area (Å²) in [7, 11) is 0. The van der Waals surface area contributed by atoms with Gasteiger partial charge in [0.05, 0.1) is 0 Å². The molecule has 0 spiro atoms. The molecule has 0 radical (unpaired) electrons. The fourth-order valence-corrected chi connectivity index (χ4v) is 2.78. The van der Waals surface area contributed by atoms with Crippen LogP contribution < -0.4 is 9.47 Å². The molecule has 1 aliphatic rings. The van der Waals surface area contributed by atoms with Crippen molar-refractivity contribution in [3.05, 3.63) is 84.9 Å². The third-order valence-electron chi connectivity index (χ3n) is 3.96. The molecule has 0 amide bonds. The van der Waals surface area contributed by atoms with Crippen LogP contribution in [0.15, 0.2) is 72.8 Å². The fraction of sp³-hybridized carbons (Fsp3) is 0. The molecule has 3 heterocycles. The molecule has 0 unspecified atom stereocenters. The number of pyridine rings is 2. The molecule has 27 heavy (non-hydrogen) atoms. The molecule has 2 aromatic carbocycles. The third kappa shape index (κ3) is 3.62. The minimum Gasteiger partial charge on any atom is -0.466 e. The van der Waals surface area contributed by atoms with Crippen molar-refractivity contribution in [2.45, 2.75) is 0 Å². The van der Waals surface area contributed by atoms with Crippen molar-refractivity contribution in [3.8, 4) is 45.8 Å². The smallest absolute Gasteiger partial charge is 0.466 e. The maximum atomic E-state index is 5.85. The molecule has 0 saturated carbocycles. The Kier molecular flexibility index (Phi) is 4.74. The number of rotatable bonds is 0. The van der Waals surface area contributed by atoms with Gasteiger partial charge < -0.3 is 9.47 Å². The molecule has 0 atom stereocenters. The molecule has 4 nitrogen and oxygen atoms in total. The Morgan fingerprint density at radius 2 is 1.04 bits per heavy atom. The Bertz CT molecular complexity index is 1030. The summed E-state index contributed by atoms with van der Waals surface area (Å²) in [5.74, 6) is 2.03. The van der Waals surface area contributed by atoms with Crippen molar-refractivity contribution in [3.63, 3.8) is 0 Å². The summed E-state index contributed by atoms with van der Waals surface area (Å²) in [6.45, 7) is 0. The van der Waals surface area contributed by atoms with Crippen LogP contribution in [0.3, 0.4) is 0 Å². The van der Waals surface area contributed by atoms with Crippen LogP contribution in [0.4, 0.5) is 0 Å².